The van der Waals surface area contributed by atoms with Crippen molar-refractivity contribution < 1.29 is 0 Å². The second kappa shape index (κ2) is 28.2. The van der Waals surface area contributed by atoms with Gasteiger partial charge in [0.25, 0.3) is 0 Å². The zero-order valence-electron chi connectivity index (χ0n) is 63.5. The summed E-state index contributed by atoms with van der Waals surface area (Å²) in [5.74, 6) is 0.428. The van der Waals surface area contributed by atoms with Crippen LogP contribution in [0.15, 0.2) is 158 Å². The Morgan fingerprint density at radius 3 is 0.694 bits per heavy atom. The maximum absolute atomic E-state index is 2.90. The van der Waals surface area contributed by atoms with Crippen LogP contribution in [-0.4, -0.2) is 0 Å². The van der Waals surface area contributed by atoms with Crippen LogP contribution in [0.4, 0.5) is 0 Å². The topological polar surface area (TPSA) is 0 Å². The fourth-order valence-electron chi connectivity index (χ4n) is 18.5. The van der Waals surface area contributed by atoms with Crippen LogP contribution in [0.5, 0.6) is 0 Å². The van der Waals surface area contributed by atoms with Gasteiger partial charge in [-0.2, -0.15) is 0 Å². The van der Waals surface area contributed by atoms with E-state index in [0.717, 1.165) is 25.7 Å². The van der Waals surface area contributed by atoms with Gasteiger partial charge >= 0.3 is 0 Å². The Labute approximate surface area is 594 Å². The number of hydrogen-bond acceptors (Lipinski definition) is 0. The number of benzene rings is 9. The van der Waals surface area contributed by atoms with Crippen LogP contribution in [-0.2, 0) is 47.3 Å². The third-order valence-corrected chi connectivity index (χ3v) is 23.8. The lowest BCUT2D eigenvalue weighted by atomic mass is 9.76. The summed E-state index contributed by atoms with van der Waals surface area (Å²) in [5, 5.41) is 0. The molecule has 0 saturated heterocycles. The molecule has 510 valence electrons. The van der Waals surface area contributed by atoms with Gasteiger partial charge in [-0.05, 0) is 241 Å². The second-order valence-corrected chi connectivity index (χ2v) is 34.7. The first kappa shape index (κ1) is 69.5. The lowest BCUT2D eigenvalue weighted by Crippen LogP contribution is -2.13. The van der Waals surface area contributed by atoms with Crippen molar-refractivity contribution in [3.8, 4) is 44.5 Å². The highest BCUT2D eigenvalue weighted by molar-refractivity contribution is 6.00. The molecule has 4 atom stereocenters. The predicted octanol–water partition coefficient (Wildman–Crippen LogP) is 28.0. The molecule has 9 aromatic carbocycles. The standard InChI is InChI=1S/C98H118/c1-17-21-25-29-41-75-87-73-39-35-33-37-71(73)83(63-45-53-67(54-46-63)95(5,6)7)91(87)77(43-31-27-23-19-3)89-81-62-80-82(61-79(81)85(93(75)89)65-49-57-69(58-50-65)97(11,12)13)90-78(44-32-28-24-20-4)92-84(64-47-55-68(56-48-64)96(8,9)10)72-38-34-36-40-74(72)88(92)76(42-30-26-22-18-2)94(90)86(80)66-51-59-70(60-52-66)98(14,15)16/h33-40,45-62,83-86H,17-32,41-44H2,1-16H3. The van der Waals surface area contributed by atoms with Crippen LogP contribution >= 0.6 is 0 Å². The van der Waals surface area contributed by atoms with Gasteiger partial charge in [0, 0.05) is 23.7 Å². The summed E-state index contributed by atoms with van der Waals surface area (Å²) in [7, 11) is 0. The zero-order chi connectivity index (χ0) is 69.0. The van der Waals surface area contributed by atoms with Gasteiger partial charge in [0.1, 0.15) is 0 Å². The van der Waals surface area contributed by atoms with Gasteiger partial charge < -0.3 is 0 Å². The fraction of sp³-hybridized carbons (Fsp3) is 0.449. The zero-order valence-corrected chi connectivity index (χ0v) is 63.5. The third kappa shape index (κ3) is 12.9. The summed E-state index contributed by atoms with van der Waals surface area (Å²) in [6.45, 7) is 38.1. The molecule has 98 heavy (non-hydrogen) atoms. The van der Waals surface area contributed by atoms with E-state index in [1.165, 1.54) is 192 Å². The Morgan fingerprint density at radius 1 is 0.235 bits per heavy atom. The van der Waals surface area contributed by atoms with E-state index < -0.39 is 0 Å². The Morgan fingerprint density at radius 2 is 0.459 bits per heavy atom. The summed E-state index contributed by atoms with van der Waals surface area (Å²) >= 11 is 0. The molecule has 0 bridgehead atoms. The van der Waals surface area contributed by atoms with Gasteiger partial charge in [-0.25, -0.2) is 0 Å². The largest absolute Gasteiger partial charge is 0.0654 e. The van der Waals surface area contributed by atoms with Gasteiger partial charge in [0.05, 0.1) is 0 Å². The molecule has 4 aliphatic carbocycles. The molecule has 4 unspecified atom stereocenters. The Bertz CT molecular complexity index is 4030. The van der Waals surface area contributed by atoms with Crippen LogP contribution < -0.4 is 0 Å². The van der Waals surface area contributed by atoms with Gasteiger partial charge in [0.15, 0.2) is 0 Å². The molecule has 0 fully saturated rings. The van der Waals surface area contributed by atoms with E-state index in [1.54, 1.807) is 66.8 Å². The van der Waals surface area contributed by atoms with E-state index in [2.05, 4.69) is 269 Å². The molecule has 0 aliphatic heterocycles. The number of hydrogen-bond donors (Lipinski definition) is 0. The van der Waals surface area contributed by atoms with Gasteiger partial charge in [0.2, 0.25) is 0 Å². The highest BCUT2D eigenvalue weighted by Crippen LogP contribution is 2.65. The smallest absolute Gasteiger partial charge is 0.0355 e. The molecule has 0 heteroatoms. The van der Waals surface area contributed by atoms with Gasteiger partial charge in [-0.1, -0.05) is 333 Å². The Hall–Kier alpha value is -7.02. The fourth-order valence-corrected chi connectivity index (χ4v) is 18.5. The van der Waals surface area contributed by atoms with E-state index in [-0.39, 0.29) is 45.3 Å². The van der Waals surface area contributed by atoms with Crippen LogP contribution in [0.1, 0.15) is 348 Å². The van der Waals surface area contributed by atoms with Gasteiger partial charge in [-0.15, -0.1) is 0 Å². The molecule has 0 nitrogen and oxygen atoms in total. The molecule has 0 spiro atoms. The van der Waals surface area contributed by atoms with E-state index in [9.17, 15) is 0 Å². The molecule has 0 saturated carbocycles. The van der Waals surface area contributed by atoms with Crippen LogP contribution in [0.25, 0.3) is 44.5 Å². The molecule has 0 radical (unpaired) electrons. The highest BCUT2D eigenvalue weighted by atomic mass is 14.5. The minimum absolute atomic E-state index is 0.0313. The van der Waals surface area contributed by atoms with E-state index in [4.69, 9.17) is 0 Å². The molecular weight excluding hydrogens is 1180 g/mol. The molecule has 0 amide bonds. The monoisotopic (exact) mass is 1290 g/mol. The molecule has 13 rings (SSSR count). The normalized spacial score (nSPS) is 16.6. The van der Waals surface area contributed by atoms with Gasteiger partial charge in [-0.3, -0.25) is 0 Å². The van der Waals surface area contributed by atoms with Crippen molar-refractivity contribution >= 4 is 0 Å². The summed E-state index contributed by atoms with van der Waals surface area (Å²) in [6, 6.07) is 65.6. The summed E-state index contributed by atoms with van der Waals surface area (Å²) < 4.78 is 0. The minimum Gasteiger partial charge on any atom is -0.0654 e. The third-order valence-electron chi connectivity index (χ3n) is 23.8. The first-order valence-electron chi connectivity index (χ1n) is 39.3. The highest BCUT2D eigenvalue weighted by Gasteiger charge is 2.47. The molecule has 0 aromatic heterocycles. The average molecular weight is 1300 g/mol. The SMILES string of the molecule is CCCCCCc1c2c(c(CCCCCC)c3c1C(c1ccc(C(C)(C)C)cc1)c1ccccc1-3)C(c1ccc(C(C)(C)C)cc1)c1cc3c(cc1-2)C(c1ccc(C(C)(C)C)cc1)c1c(CCCCCC)c2c(c(CCCCCC)c1-3)C(c1ccc(C(C)(C)C)cc1)c1ccccc1-2. The molecule has 0 heterocycles. The Kier molecular flexibility index (Phi) is 20.0. The van der Waals surface area contributed by atoms with Crippen molar-refractivity contribution in [1.82, 2.24) is 0 Å². The summed E-state index contributed by atoms with van der Waals surface area (Å²) in [5.41, 5.74) is 42.9. The van der Waals surface area contributed by atoms with Crippen LogP contribution in [0, 0.1) is 0 Å². The lowest BCUT2D eigenvalue weighted by Gasteiger charge is -2.28. The summed E-state index contributed by atoms with van der Waals surface area (Å²) in [4.78, 5) is 0. The van der Waals surface area contributed by atoms with Crippen LogP contribution in [0.3, 0.4) is 0 Å². The molecule has 9 aromatic rings. The molecule has 4 aliphatic rings. The predicted molar refractivity (Wildman–Crippen MR) is 424 cm³/mol. The Balaban J connectivity index is 1.18. The average Bonchev–Trinajstić information content (AvgIpc) is 1.52. The second-order valence-electron chi connectivity index (χ2n) is 34.7. The summed E-state index contributed by atoms with van der Waals surface area (Å²) in [6.07, 6.45) is 24.0. The maximum atomic E-state index is 2.90. The lowest BCUT2D eigenvalue weighted by molar-refractivity contribution is 0.589. The van der Waals surface area contributed by atoms with Crippen molar-refractivity contribution in [3.63, 3.8) is 0 Å². The molecule has 0 N–H and O–H groups in total. The quantitative estimate of drug-likeness (QED) is 0.0529. The van der Waals surface area contributed by atoms with Crippen molar-refractivity contribution in [2.24, 2.45) is 0 Å². The van der Waals surface area contributed by atoms with Crippen molar-refractivity contribution in [1.29, 1.82) is 0 Å². The van der Waals surface area contributed by atoms with E-state index in [1.807, 2.05) is 0 Å². The van der Waals surface area contributed by atoms with E-state index in [0.29, 0.717) is 0 Å². The number of unbranched alkanes of at least 4 members (excludes halogenated alkanes) is 12. The number of fused-ring (bicyclic) bond motifs is 12. The maximum Gasteiger partial charge on any atom is 0.0355 e. The first-order valence-corrected chi connectivity index (χ1v) is 39.3. The van der Waals surface area contributed by atoms with Crippen molar-refractivity contribution in [2.45, 2.75) is 285 Å². The van der Waals surface area contributed by atoms with Crippen molar-refractivity contribution in [3.05, 3.63) is 269 Å². The minimum atomic E-state index is 0.0313. The van der Waals surface area contributed by atoms with Crippen LogP contribution in [0.2, 0.25) is 0 Å². The van der Waals surface area contributed by atoms with Crippen molar-refractivity contribution in [2.75, 3.05) is 0 Å². The molecular formula is C98H118. The van der Waals surface area contributed by atoms with E-state index >= 15 is 0 Å². The first-order chi connectivity index (χ1) is 47.1. The number of rotatable bonds is 24.